The molecule has 0 saturated heterocycles. The summed E-state index contributed by atoms with van der Waals surface area (Å²) in [5, 5.41) is 3.05. The zero-order valence-electron chi connectivity index (χ0n) is 13.0. The van der Waals surface area contributed by atoms with E-state index in [1.807, 2.05) is 6.92 Å². The summed E-state index contributed by atoms with van der Waals surface area (Å²) in [6.45, 7) is 1.84. The van der Waals surface area contributed by atoms with E-state index in [1.165, 1.54) is 26.4 Å². The number of hydrogen-bond donors (Lipinski definition) is 1. The minimum atomic E-state index is -0.710. The van der Waals surface area contributed by atoms with Gasteiger partial charge >= 0.3 is 5.97 Å². The smallest absolute Gasteiger partial charge is 0.344 e. The fourth-order valence-electron chi connectivity index (χ4n) is 2.60. The fraction of sp³-hybridized carbons (Fsp3) is 0.235. The molecule has 3 rings (SSSR count). The molecule has 120 valence electrons. The zero-order chi connectivity index (χ0) is 16.6. The normalized spacial score (nSPS) is 15.8. The van der Waals surface area contributed by atoms with Gasteiger partial charge in [0.05, 0.1) is 14.2 Å². The Kier molecular flexibility index (Phi) is 3.82. The predicted molar refractivity (Wildman–Crippen MR) is 82.5 cm³/mol. The number of benzene rings is 2. The third-order valence-electron chi connectivity index (χ3n) is 3.78. The summed E-state index contributed by atoms with van der Waals surface area (Å²) in [7, 11) is 2.96. The quantitative estimate of drug-likeness (QED) is 0.876. The van der Waals surface area contributed by atoms with Crippen molar-refractivity contribution >= 4 is 11.7 Å². The lowest BCUT2D eigenvalue weighted by atomic mass is 10.1. The van der Waals surface area contributed by atoms with Crippen molar-refractivity contribution in [1.29, 1.82) is 0 Å². The number of aryl methyl sites for hydroxylation is 1. The molecule has 0 bridgehead atoms. The summed E-state index contributed by atoms with van der Waals surface area (Å²) < 4.78 is 29.3. The van der Waals surface area contributed by atoms with Crippen molar-refractivity contribution < 1.29 is 23.4 Å². The largest absolute Gasteiger partial charge is 0.493 e. The molecule has 1 aliphatic rings. The average molecular weight is 317 g/mol. The van der Waals surface area contributed by atoms with E-state index in [0.29, 0.717) is 28.3 Å². The van der Waals surface area contributed by atoms with Crippen LogP contribution < -0.4 is 14.8 Å². The predicted octanol–water partition coefficient (Wildman–Crippen LogP) is 3.43. The van der Waals surface area contributed by atoms with Gasteiger partial charge in [-0.2, -0.15) is 0 Å². The number of carbonyl (C=O) groups is 1. The summed E-state index contributed by atoms with van der Waals surface area (Å²) in [6.07, 6.45) is -0.710. The van der Waals surface area contributed by atoms with Gasteiger partial charge in [-0.15, -0.1) is 0 Å². The van der Waals surface area contributed by atoms with E-state index in [2.05, 4.69) is 5.32 Å². The van der Waals surface area contributed by atoms with Crippen LogP contribution in [-0.4, -0.2) is 20.2 Å². The van der Waals surface area contributed by atoms with Crippen molar-refractivity contribution in [2.24, 2.45) is 0 Å². The van der Waals surface area contributed by atoms with Crippen LogP contribution in [0.3, 0.4) is 0 Å². The maximum atomic E-state index is 13.4. The number of esters is 1. The van der Waals surface area contributed by atoms with Crippen LogP contribution in [0.5, 0.6) is 11.5 Å². The molecule has 0 aliphatic carbocycles. The van der Waals surface area contributed by atoms with Crippen molar-refractivity contribution in [2.45, 2.75) is 13.2 Å². The van der Waals surface area contributed by atoms with Crippen molar-refractivity contribution in [3.63, 3.8) is 0 Å². The number of ether oxygens (including phenoxy) is 3. The van der Waals surface area contributed by atoms with E-state index in [0.717, 1.165) is 5.56 Å². The fourth-order valence-corrected chi connectivity index (χ4v) is 2.60. The summed E-state index contributed by atoms with van der Waals surface area (Å²) in [5.74, 6) is -0.0988. The molecule has 2 aromatic carbocycles. The summed E-state index contributed by atoms with van der Waals surface area (Å²) >= 11 is 0. The Labute approximate surface area is 133 Å². The van der Waals surface area contributed by atoms with Gasteiger partial charge in [0.2, 0.25) is 6.23 Å². The zero-order valence-corrected chi connectivity index (χ0v) is 13.0. The van der Waals surface area contributed by atoms with E-state index in [1.54, 1.807) is 18.2 Å². The second-order valence-corrected chi connectivity index (χ2v) is 5.15. The molecular weight excluding hydrogens is 301 g/mol. The number of cyclic esters (lactones) is 1. The molecule has 0 fully saturated rings. The molecule has 6 heteroatoms. The Morgan fingerprint density at radius 3 is 2.65 bits per heavy atom. The second kappa shape index (κ2) is 5.79. The molecule has 2 aromatic rings. The number of halogens is 1. The first-order chi connectivity index (χ1) is 11.0. The van der Waals surface area contributed by atoms with Crippen LogP contribution in [0, 0.1) is 12.7 Å². The SMILES string of the molecule is COc1ccc2c(c1OC)C(=O)O[C@H]2Nc1cc(F)ccc1C. The lowest BCUT2D eigenvalue weighted by Crippen LogP contribution is -2.11. The highest BCUT2D eigenvalue weighted by atomic mass is 19.1. The minimum Gasteiger partial charge on any atom is -0.493 e. The Balaban J connectivity index is 2.00. The van der Waals surface area contributed by atoms with Gasteiger partial charge in [-0.3, -0.25) is 0 Å². The van der Waals surface area contributed by atoms with Gasteiger partial charge < -0.3 is 19.5 Å². The molecule has 0 saturated carbocycles. The lowest BCUT2D eigenvalue weighted by Gasteiger charge is -2.16. The number of carbonyl (C=O) groups excluding carboxylic acids is 1. The van der Waals surface area contributed by atoms with Gasteiger partial charge in [0, 0.05) is 11.3 Å². The number of fused-ring (bicyclic) bond motifs is 1. The number of methoxy groups -OCH3 is 2. The average Bonchev–Trinajstić information content (AvgIpc) is 2.86. The number of nitrogens with one attached hydrogen (secondary N) is 1. The van der Waals surface area contributed by atoms with Crippen LogP contribution in [0.4, 0.5) is 10.1 Å². The maximum absolute atomic E-state index is 13.4. The van der Waals surface area contributed by atoms with Gasteiger partial charge in [-0.25, -0.2) is 9.18 Å². The first kappa shape index (κ1) is 15.1. The molecular formula is C17H16FNO4. The molecule has 0 spiro atoms. The van der Waals surface area contributed by atoms with E-state index < -0.39 is 12.2 Å². The topological polar surface area (TPSA) is 56.8 Å². The van der Waals surface area contributed by atoms with Crippen LogP contribution in [0.2, 0.25) is 0 Å². The van der Waals surface area contributed by atoms with E-state index in [4.69, 9.17) is 14.2 Å². The molecule has 0 aromatic heterocycles. The van der Waals surface area contributed by atoms with Crippen molar-refractivity contribution in [3.05, 3.63) is 52.8 Å². The molecule has 0 radical (unpaired) electrons. The van der Waals surface area contributed by atoms with Crippen LogP contribution in [0.1, 0.15) is 27.7 Å². The van der Waals surface area contributed by atoms with Gasteiger partial charge in [0.1, 0.15) is 11.4 Å². The van der Waals surface area contributed by atoms with Crippen LogP contribution in [0.15, 0.2) is 30.3 Å². The van der Waals surface area contributed by atoms with Crippen molar-refractivity contribution in [2.75, 3.05) is 19.5 Å². The van der Waals surface area contributed by atoms with E-state index in [9.17, 15) is 9.18 Å². The second-order valence-electron chi connectivity index (χ2n) is 5.15. The minimum absolute atomic E-state index is 0.318. The molecule has 0 unspecified atom stereocenters. The standard InChI is InChI=1S/C17H16FNO4/c1-9-4-5-10(18)8-12(9)19-16-11-6-7-13(21-2)15(22-3)14(11)17(20)23-16/h4-8,16,19H,1-3H3/t16-/m1/s1. The first-order valence-corrected chi connectivity index (χ1v) is 7.03. The molecule has 1 N–H and O–H groups in total. The van der Waals surface area contributed by atoms with Crippen LogP contribution in [0.25, 0.3) is 0 Å². The Bertz CT molecular complexity index is 775. The summed E-state index contributed by atoms with van der Waals surface area (Å²) in [6, 6.07) is 7.83. The number of anilines is 1. The van der Waals surface area contributed by atoms with E-state index >= 15 is 0 Å². The maximum Gasteiger partial charge on any atom is 0.344 e. The van der Waals surface area contributed by atoms with Gasteiger partial charge in [-0.05, 0) is 36.8 Å². The number of hydrogen-bond acceptors (Lipinski definition) is 5. The van der Waals surface area contributed by atoms with Gasteiger partial charge in [0.25, 0.3) is 0 Å². The lowest BCUT2D eigenvalue weighted by molar-refractivity contribution is 0.0435. The molecule has 1 heterocycles. The van der Waals surface area contributed by atoms with Crippen molar-refractivity contribution in [3.8, 4) is 11.5 Å². The molecule has 1 atom stereocenters. The molecule has 5 nitrogen and oxygen atoms in total. The third kappa shape index (κ3) is 2.56. The highest BCUT2D eigenvalue weighted by Crippen LogP contribution is 2.42. The number of rotatable bonds is 4. The Morgan fingerprint density at radius 1 is 1.17 bits per heavy atom. The highest BCUT2D eigenvalue weighted by Gasteiger charge is 2.36. The molecule has 1 aliphatic heterocycles. The Morgan fingerprint density at radius 2 is 1.96 bits per heavy atom. The summed E-state index contributed by atoms with van der Waals surface area (Å²) in [5.41, 5.74) is 2.34. The third-order valence-corrected chi connectivity index (χ3v) is 3.78. The van der Waals surface area contributed by atoms with E-state index in [-0.39, 0.29) is 5.82 Å². The van der Waals surface area contributed by atoms with Gasteiger partial charge in [-0.1, -0.05) is 6.07 Å². The monoisotopic (exact) mass is 317 g/mol. The molecule has 23 heavy (non-hydrogen) atoms. The van der Waals surface area contributed by atoms with Crippen LogP contribution in [-0.2, 0) is 4.74 Å². The molecule has 0 amide bonds. The van der Waals surface area contributed by atoms with Crippen molar-refractivity contribution in [1.82, 2.24) is 0 Å². The first-order valence-electron chi connectivity index (χ1n) is 7.03. The van der Waals surface area contributed by atoms with Crippen LogP contribution >= 0.6 is 0 Å². The summed E-state index contributed by atoms with van der Waals surface area (Å²) in [4.78, 5) is 12.2. The highest BCUT2D eigenvalue weighted by molar-refractivity contribution is 5.98. The van der Waals surface area contributed by atoms with Gasteiger partial charge in [0.15, 0.2) is 11.5 Å². The Hall–Kier alpha value is -2.76.